The van der Waals surface area contributed by atoms with Gasteiger partial charge in [-0.1, -0.05) is 233 Å². The zero-order valence-electron chi connectivity index (χ0n) is 54.7. The maximum Gasteiger partial charge on any atom is 0.409 e. The third-order valence-electron chi connectivity index (χ3n) is 15.3. The van der Waals surface area contributed by atoms with Crippen molar-refractivity contribution in [2.45, 2.75) is 304 Å². The Bertz CT molecular complexity index is 1420. The van der Waals surface area contributed by atoms with Crippen LogP contribution in [-0.2, 0) is 61.9 Å². The molecule has 0 fully saturated rings. The SMILES string of the molecule is CCCCCCCCCCCC(=O)OCC(COC(=O)CCCCCCCCCCC)CC(=O)OCCN(CCOC(=O)CC(COC(=O)CCCCCCCCCCC)COC(=O)CCCCCCCCCCC)C(=O)OCCCN(C)C. The molecule has 0 aliphatic rings. The van der Waals surface area contributed by atoms with Gasteiger partial charge in [0.05, 0.1) is 59.0 Å². The van der Waals surface area contributed by atoms with Gasteiger partial charge in [-0.2, -0.15) is 0 Å². The molecule has 0 bridgehead atoms. The summed E-state index contributed by atoms with van der Waals surface area (Å²) in [5.74, 6) is -3.96. The molecule has 0 aliphatic carbocycles. The van der Waals surface area contributed by atoms with E-state index in [1.807, 2.05) is 19.0 Å². The minimum Gasteiger partial charge on any atom is -0.465 e. The molecule has 0 atom stereocenters. The molecule has 0 saturated heterocycles. The van der Waals surface area contributed by atoms with E-state index in [9.17, 15) is 33.6 Å². The van der Waals surface area contributed by atoms with Crippen molar-refractivity contribution in [1.82, 2.24) is 9.80 Å². The van der Waals surface area contributed by atoms with Crippen LogP contribution in [0.5, 0.6) is 0 Å². The van der Waals surface area contributed by atoms with Crippen molar-refractivity contribution in [3.8, 4) is 0 Å². The predicted octanol–water partition coefficient (Wildman–Crippen LogP) is 16.3. The van der Waals surface area contributed by atoms with Crippen molar-refractivity contribution in [3.05, 3.63) is 0 Å². The van der Waals surface area contributed by atoms with Crippen LogP contribution in [0.15, 0.2) is 0 Å². The van der Waals surface area contributed by atoms with Gasteiger partial charge in [-0.25, -0.2) is 4.79 Å². The van der Waals surface area contributed by atoms with Gasteiger partial charge in [-0.05, 0) is 46.2 Å². The number of ether oxygens (including phenoxy) is 7. The summed E-state index contributed by atoms with van der Waals surface area (Å²) in [5.41, 5.74) is 0. The third kappa shape index (κ3) is 55.9. The van der Waals surface area contributed by atoms with Gasteiger partial charge >= 0.3 is 41.9 Å². The third-order valence-corrected chi connectivity index (χ3v) is 15.3. The van der Waals surface area contributed by atoms with Gasteiger partial charge in [0.1, 0.15) is 13.2 Å². The Labute approximate surface area is 512 Å². The number of carbonyl (C=O) groups is 7. The first-order valence-electron chi connectivity index (χ1n) is 34.3. The summed E-state index contributed by atoms with van der Waals surface area (Å²) in [6, 6.07) is 0. The topological polar surface area (TPSA) is 191 Å². The van der Waals surface area contributed by atoms with E-state index in [0.717, 1.165) is 103 Å². The maximum atomic E-state index is 13.4. The molecule has 0 saturated carbocycles. The first kappa shape index (κ1) is 80.0. The van der Waals surface area contributed by atoms with Gasteiger partial charge in [0.15, 0.2) is 0 Å². The van der Waals surface area contributed by atoms with Crippen molar-refractivity contribution >= 4 is 41.9 Å². The molecule has 0 spiro atoms. The van der Waals surface area contributed by atoms with Gasteiger partial charge < -0.3 is 43.0 Å². The monoisotopic (exact) mass is 1190 g/mol. The quantitative estimate of drug-likeness (QED) is 0.0317. The molecule has 0 N–H and O–H groups in total. The number of rotatable bonds is 62. The molecular formula is C68H126N2O14. The molecule has 0 aliphatic heterocycles. The number of hydrogen-bond acceptors (Lipinski definition) is 15. The lowest BCUT2D eigenvalue weighted by molar-refractivity contribution is -0.155. The highest BCUT2D eigenvalue weighted by molar-refractivity contribution is 5.73. The highest BCUT2D eigenvalue weighted by Crippen LogP contribution is 2.18. The summed E-state index contributed by atoms with van der Waals surface area (Å²) in [6.07, 6.45) is 40.9. The van der Waals surface area contributed by atoms with Crippen LogP contribution in [0.3, 0.4) is 0 Å². The Morgan fingerprint density at radius 2 is 0.524 bits per heavy atom. The van der Waals surface area contributed by atoms with E-state index in [0.29, 0.717) is 13.0 Å². The fraction of sp³-hybridized carbons (Fsp3) is 0.897. The second-order valence-corrected chi connectivity index (χ2v) is 23.9. The number of carbonyl (C=O) groups excluding carboxylic acids is 7. The molecule has 0 radical (unpaired) electrons. The molecule has 84 heavy (non-hydrogen) atoms. The molecule has 1 amide bonds. The van der Waals surface area contributed by atoms with Gasteiger partial charge in [0.25, 0.3) is 0 Å². The molecule has 0 unspecified atom stereocenters. The normalized spacial score (nSPS) is 11.3. The van der Waals surface area contributed by atoms with E-state index in [1.165, 1.54) is 133 Å². The van der Waals surface area contributed by atoms with Gasteiger partial charge in [0.2, 0.25) is 0 Å². The lowest BCUT2D eigenvalue weighted by atomic mass is 10.1. The zero-order chi connectivity index (χ0) is 61.8. The largest absolute Gasteiger partial charge is 0.465 e. The molecule has 0 aromatic rings. The summed E-state index contributed by atoms with van der Waals surface area (Å²) >= 11 is 0. The van der Waals surface area contributed by atoms with Crippen molar-refractivity contribution in [1.29, 1.82) is 0 Å². The predicted molar refractivity (Wildman–Crippen MR) is 335 cm³/mol. The highest BCUT2D eigenvalue weighted by Gasteiger charge is 2.24. The number of unbranched alkanes of at least 4 members (excludes halogenated alkanes) is 32. The van der Waals surface area contributed by atoms with Crippen molar-refractivity contribution < 1.29 is 66.7 Å². The smallest absolute Gasteiger partial charge is 0.409 e. The average molecular weight is 1200 g/mol. The molecule has 0 aromatic carbocycles. The molecule has 0 heterocycles. The van der Waals surface area contributed by atoms with Crippen LogP contribution < -0.4 is 0 Å². The van der Waals surface area contributed by atoms with Crippen LogP contribution in [-0.4, -0.2) is 132 Å². The Kier molecular flexibility index (Phi) is 57.9. The van der Waals surface area contributed by atoms with E-state index in [4.69, 9.17) is 33.2 Å². The van der Waals surface area contributed by atoms with Gasteiger partial charge in [-0.15, -0.1) is 0 Å². The number of nitrogens with zero attached hydrogens (tertiary/aromatic N) is 2. The fourth-order valence-corrected chi connectivity index (χ4v) is 9.84. The standard InChI is InChI=1S/C68H126N2O14/c1-7-11-15-19-23-27-31-35-39-44-62(71)81-56-60(57-82-63(72)45-40-36-32-28-24-20-16-12-8-2)54-66(75)78-52-49-70(68(77)80-51-43-48-69(5)6)50-53-79-67(76)55-61(58-83-64(73)46-41-37-33-29-25-21-17-13-9-3)59-84-65(74)47-42-38-34-30-26-22-18-14-10-4/h60-61H,7-59H2,1-6H3. The summed E-state index contributed by atoms with van der Waals surface area (Å²) in [5, 5.41) is 0. The minimum absolute atomic E-state index is 0.0750. The number of hydrogen-bond donors (Lipinski definition) is 0. The average Bonchev–Trinajstić information content (AvgIpc) is 3.52. The van der Waals surface area contributed by atoms with Gasteiger partial charge in [0, 0.05) is 44.1 Å². The lowest BCUT2D eigenvalue weighted by Gasteiger charge is -2.23. The first-order chi connectivity index (χ1) is 40.8. The lowest BCUT2D eigenvalue weighted by Crippen LogP contribution is -2.38. The molecular weight excluding hydrogens is 1070 g/mol. The fourth-order valence-electron chi connectivity index (χ4n) is 9.84. The van der Waals surface area contributed by atoms with E-state index in [-0.39, 0.29) is 122 Å². The second-order valence-electron chi connectivity index (χ2n) is 23.9. The summed E-state index contributed by atoms with van der Waals surface area (Å²) in [7, 11) is 3.84. The summed E-state index contributed by atoms with van der Waals surface area (Å²) in [6.45, 7) is 8.65. The molecule has 0 aromatic heterocycles. The summed E-state index contributed by atoms with van der Waals surface area (Å²) in [4.78, 5) is 94.6. The molecule has 16 heteroatoms. The molecule has 16 nitrogen and oxygen atoms in total. The first-order valence-corrected chi connectivity index (χ1v) is 34.3. The van der Waals surface area contributed by atoms with E-state index in [2.05, 4.69) is 27.7 Å². The molecule has 0 rings (SSSR count). The van der Waals surface area contributed by atoms with E-state index < -0.39 is 29.9 Å². The zero-order valence-corrected chi connectivity index (χ0v) is 54.7. The maximum absolute atomic E-state index is 13.4. The Morgan fingerprint density at radius 3 is 0.774 bits per heavy atom. The van der Waals surface area contributed by atoms with Crippen LogP contribution in [0.4, 0.5) is 4.79 Å². The Balaban J connectivity index is 5.61. The molecule has 492 valence electrons. The summed E-state index contributed by atoms with van der Waals surface area (Å²) < 4.78 is 39.3. The van der Waals surface area contributed by atoms with Crippen molar-refractivity contribution in [2.75, 3.05) is 80.0 Å². The number of amides is 1. The van der Waals surface area contributed by atoms with Crippen LogP contribution in [0.1, 0.15) is 304 Å². The van der Waals surface area contributed by atoms with Gasteiger partial charge in [-0.3, -0.25) is 28.8 Å². The minimum atomic E-state index is -0.674. The second kappa shape index (κ2) is 60.7. The number of esters is 6. The van der Waals surface area contributed by atoms with Crippen LogP contribution >= 0.6 is 0 Å². The van der Waals surface area contributed by atoms with E-state index in [1.54, 1.807) is 0 Å². The van der Waals surface area contributed by atoms with Crippen molar-refractivity contribution in [3.63, 3.8) is 0 Å². The highest BCUT2D eigenvalue weighted by atomic mass is 16.6. The van der Waals surface area contributed by atoms with Crippen LogP contribution in [0.2, 0.25) is 0 Å². The Morgan fingerprint density at radius 1 is 0.274 bits per heavy atom. The Hall–Kier alpha value is -3.95. The van der Waals surface area contributed by atoms with E-state index >= 15 is 0 Å². The van der Waals surface area contributed by atoms with Crippen LogP contribution in [0.25, 0.3) is 0 Å². The van der Waals surface area contributed by atoms with Crippen molar-refractivity contribution in [2.24, 2.45) is 11.8 Å². The van der Waals surface area contributed by atoms with Crippen LogP contribution in [0, 0.1) is 11.8 Å².